The van der Waals surface area contributed by atoms with Gasteiger partial charge in [-0.05, 0) is 75.2 Å². The Morgan fingerprint density at radius 3 is 2.20 bits per heavy atom. The van der Waals surface area contributed by atoms with Crippen molar-refractivity contribution in [2.75, 3.05) is 11.4 Å². The number of aryl methyl sites for hydroxylation is 3. The average Bonchev–Trinajstić information content (AvgIpc) is 3.23. The number of anilines is 1. The zero-order valence-corrected chi connectivity index (χ0v) is 20.4. The summed E-state index contributed by atoms with van der Waals surface area (Å²) in [6.45, 7) is 7.78. The van der Waals surface area contributed by atoms with Crippen LogP contribution in [0.15, 0.2) is 66.7 Å². The fourth-order valence-corrected chi connectivity index (χ4v) is 4.00. The Labute approximate surface area is 205 Å². The Balaban J connectivity index is 1.36. The van der Waals surface area contributed by atoms with Crippen LogP contribution in [0.3, 0.4) is 0 Å². The van der Waals surface area contributed by atoms with Crippen molar-refractivity contribution in [1.82, 2.24) is 0 Å². The number of rotatable bonds is 7. The first kappa shape index (κ1) is 24.2. The third kappa shape index (κ3) is 5.60. The van der Waals surface area contributed by atoms with E-state index in [9.17, 15) is 14.4 Å². The number of hydrogen-bond donors (Lipinski definition) is 0. The molecule has 180 valence electrons. The van der Waals surface area contributed by atoms with E-state index in [1.807, 2.05) is 51.1 Å². The lowest BCUT2D eigenvalue weighted by Gasteiger charge is -2.18. The van der Waals surface area contributed by atoms with Gasteiger partial charge in [0.25, 0.3) is 0 Å². The van der Waals surface area contributed by atoms with Crippen molar-refractivity contribution in [3.8, 4) is 11.5 Å². The predicted molar refractivity (Wildman–Crippen MR) is 134 cm³/mol. The monoisotopic (exact) mass is 471 g/mol. The van der Waals surface area contributed by atoms with Crippen LogP contribution >= 0.6 is 0 Å². The number of esters is 1. The van der Waals surface area contributed by atoms with Gasteiger partial charge in [-0.3, -0.25) is 14.4 Å². The second-order valence-electron chi connectivity index (χ2n) is 9.06. The molecule has 6 nitrogen and oxygen atoms in total. The fourth-order valence-electron chi connectivity index (χ4n) is 4.00. The van der Waals surface area contributed by atoms with E-state index in [4.69, 9.17) is 9.47 Å². The third-order valence-corrected chi connectivity index (χ3v) is 6.32. The number of benzene rings is 3. The summed E-state index contributed by atoms with van der Waals surface area (Å²) in [6, 6.07) is 20.2. The van der Waals surface area contributed by atoms with Crippen molar-refractivity contribution >= 4 is 23.3 Å². The Kier molecular flexibility index (Phi) is 7.01. The van der Waals surface area contributed by atoms with E-state index in [0.717, 1.165) is 16.9 Å². The molecule has 0 spiro atoms. The number of Topliss-reactive ketones (excluding diaryl/α,β-unsaturated/α-hetero) is 1. The van der Waals surface area contributed by atoms with E-state index in [0.29, 0.717) is 17.0 Å². The lowest BCUT2D eigenvalue weighted by Crippen LogP contribution is -2.30. The van der Waals surface area contributed by atoms with Crippen LogP contribution in [0.25, 0.3) is 0 Å². The highest BCUT2D eigenvalue weighted by Gasteiger charge is 2.37. The molecule has 0 N–H and O–H groups in total. The van der Waals surface area contributed by atoms with E-state index >= 15 is 0 Å². The lowest BCUT2D eigenvalue weighted by atomic mass is 10.1. The normalized spacial score (nSPS) is 16.2. The highest BCUT2D eigenvalue weighted by atomic mass is 16.5. The van der Waals surface area contributed by atoms with Crippen molar-refractivity contribution in [2.45, 2.75) is 40.2 Å². The highest BCUT2D eigenvalue weighted by Crippen LogP contribution is 2.30. The molecule has 1 fully saturated rings. The summed E-state index contributed by atoms with van der Waals surface area (Å²) in [4.78, 5) is 39.5. The molecule has 1 saturated heterocycles. The molecule has 1 aliphatic rings. The van der Waals surface area contributed by atoms with Crippen molar-refractivity contribution in [1.29, 1.82) is 0 Å². The molecule has 1 heterocycles. The van der Waals surface area contributed by atoms with Crippen LogP contribution in [-0.2, 0) is 14.3 Å². The highest BCUT2D eigenvalue weighted by molar-refractivity contribution is 6.02. The summed E-state index contributed by atoms with van der Waals surface area (Å²) in [5.74, 6) is -0.185. The molecule has 4 rings (SSSR count). The van der Waals surface area contributed by atoms with Crippen LogP contribution in [0.4, 0.5) is 5.69 Å². The Morgan fingerprint density at radius 2 is 1.54 bits per heavy atom. The van der Waals surface area contributed by atoms with Crippen LogP contribution < -0.4 is 9.64 Å². The Morgan fingerprint density at radius 1 is 0.886 bits per heavy atom. The number of carbonyl (C=O) groups excluding carboxylic acids is 3. The molecule has 0 unspecified atom stereocenters. The van der Waals surface area contributed by atoms with Crippen molar-refractivity contribution in [3.63, 3.8) is 0 Å². The first-order chi connectivity index (χ1) is 16.7. The van der Waals surface area contributed by atoms with E-state index in [1.54, 1.807) is 48.2 Å². The van der Waals surface area contributed by atoms with Gasteiger partial charge in [0.1, 0.15) is 11.5 Å². The van der Waals surface area contributed by atoms with E-state index in [2.05, 4.69) is 0 Å². The quantitative estimate of drug-likeness (QED) is 0.333. The molecule has 1 aliphatic heterocycles. The largest absolute Gasteiger partial charge is 0.457 e. The van der Waals surface area contributed by atoms with Gasteiger partial charge >= 0.3 is 5.97 Å². The van der Waals surface area contributed by atoms with Crippen LogP contribution in [0, 0.1) is 26.7 Å². The van der Waals surface area contributed by atoms with E-state index in [1.165, 1.54) is 5.56 Å². The molecule has 2 atom stereocenters. The SMILES string of the molecule is Cc1ccc(C(=O)[C@H](C)OC(=O)[C@H]2CC(=O)N(c3ccc(Oc4ccc(C)c(C)c4)cc3)C2)cc1. The topological polar surface area (TPSA) is 72.9 Å². The summed E-state index contributed by atoms with van der Waals surface area (Å²) in [6.07, 6.45) is -0.873. The average molecular weight is 472 g/mol. The van der Waals surface area contributed by atoms with E-state index in [-0.39, 0.29) is 24.7 Å². The molecule has 35 heavy (non-hydrogen) atoms. The first-order valence-corrected chi connectivity index (χ1v) is 11.7. The Bertz CT molecular complexity index is 1250. The zero-order valence-electron chi connectivity index (χ0n) is 20.4. The molecule has 0 bridgehead atoms. The first-order valence-electron chi connectivity index (χ1n) is 11.7. The standard InChI is InChI=1S/C29H29NO5/c1-18-5-8-22(9-6-18)28(32)21(4)34-29(33)23-16-27(31)30(17-23)24-10-13-25(14-11-24)35-26-12-7-19(2)20(3)15-26/h5-15,21,23H,16-17H2,1-4H3/t21-,23-/m0/s1. The second-order valence-corrected chi connectivity index (χ2v) is 9.06. The summed E-state index contributed by atoms with van der Waals surface area (Å²) < 4.78 is 11.3. The van der Waals surface area contributed by atoms with Gasteiger partial charge in [-0.25, -0.2) is 0 Å². The maximum atomic E-state index is 12.7. The Hall–Kier alpha value is -3.93. The van der Waals surface area contributed by atoms with Gasteiger partial charge in [0.05, 0.1) is 5.92 Å². The lowest BCUT2D eigenvalue weighted by molar-refractivity contribution is -0.151. The maximum Gasteiger partial charge on any atom is 0.312 e. The van der Waals surface area contributed by atoms with Gasteiger partial charge in [0, 0.05) is 24.2 Å². The number of nitrogens with zero attached hydrogens (tertiary/aromatic N) is 1. The molecular weight excluding hydrogens is 442 g/mol. The molecule has 6 heteroatoms. The molecule has 0 aliphatic carbocycles. The summed E-state index contributed by atoms with van der Waals surface area (Å²) in [5, 5.41) is 0. The summed E-state index contributed by atoms with van der Waals surface area (Å²) in [7, 11) is 0. The molecule has 0 radical (unpaired) electrons. The van der Waals surface area contributed by atoms with Gasteiger partial charge in [-0.2, -0.15) is 0 Å². The van der Waals surface area contributed by atoms with Crippen molar-refractivity contribution < 1.29 is 23.9 Å². The smallest absolute Gasteiger partial charge is 0.312 e. The third-order valence-electron chi connectivity index (χ3n) is 6.32. The predicted octanol–water partition coefficient (Wildman–Crippen LogP) is 5.57. The number of hydrogen-bond acceptors (Lipinski definition) is 5. The number of carbonyl (C=O) groups is 3. The summed E-state index contributed by atoms with van der Waals surface area (Å²) in [5.41, 5.74) is 4.56. The molecule has 3 aromatic rings. The number of ketones is 1. The van der Waals surface area contributed by atoms with Crippen molar-refractivity contribution in [3.05, 3.63) is 89.0 Å². The minimum absolute atomic E-state index is 0.0468. The molecule has 3 aromatic carbocycles. The molecule has 0 saturated carbocycles. The summed E-state index contributed by atoms with van der Waals surface area (Å²) >= 11 is 0. The van der Waals surface area contributed by atoms with Gasteiger partial charge in [0.2, 0.25) is 11.7 Å². The van der Waals surface area contributed by atoms with Crippen LogP contribution in [0.2, 0.25) is 0 Å². The van der Waals surface area contributed by atoms with Gasteiger partial charge in [-0.15, -0.1) is 0 Å². The molecule has 0 aromatic heterocycles. The number of amides is 1. The maximum absolute atomic E-state index is 12.7. The van der Waals surface area contributed by atoms with Crippen LogP contribution in [-0.4, -0.2) is 30.3 Å². The van der Waals surface area contributed by atoms with Crippen LogP contribution in [0.1, 0.15) is 40.4 Å². The van der Waals surface area contributed by atoms with Gasteiger partial charge in [0.15, 0.2) is 6.10 Å². The van der Waals surface area contributed by atoms with E-state index < -0.39 is 18.0 Å². The van der Waals surface area contributed by atoms with Gasteiger partial charge in [-0.1, -0.05) is 35.9 Å². The molecule has 1 amide bonds. The fraction of sp³-hybridized carbons (Fsp3) is 0.276. The zero-order chi connectivity index (χ0) is 25.1. The van der Waals surface area contributed by atoms with Crippen LogP contribution in [0.5, 0.6) is 11.5 Å². The van der Waals surface area contributed by atoms with Gasteiger partial charge < -0.3 is 14.4 Å². The minimum atomic E-state index is -0.920. The molecular formula is C29H29NO5. The second kappa shape index (κ2) is 10.1. The van der Waals surface area contributed by atoms with Crippen molar-refractivity contribution in [2.24, 2.45) is 5.92 Å². The minimum Gasteiger partial charge on any atom is -0.457 e. The number of ether oxygens (including phenoxy) is 2.